The van der Waals surface area contributed by atoms with Crippen LogP contribution in [0.1, 0.15) is 24.3 Å². The minimum atomic E-state index is -0.223. The van der Waals surface area contributed by atoms with Crippen molar-refractivity contribution in [3.05, 3.63) is 17.8 Å². The van der Waals surface area contributed by atoms with Crippen LogP contribution in [0.2, 0.25) is 0 Å². The molecule has 1 atom stereocenters. The van der Waals surface area contributed by atoms with Crippen LogP contribution in [-0.4, -0.2) is 40.7 Å². The molecule has 5 nitrogen and oxygen atoms in total. The SMILES string of the molecule is CCSCC(C)Nc1ccc(C(=O)NC)nn1. The molecule has 1 aromatic rings. The molecule has 1 rings (SSSR count). The third-order valence-corrected chi connectivity index (χ3v) is 3.23. The average Bonchev–Trinajstić information content (AvgIpc) is 2.36. The quantitative estimate of drug-likeness (QED) is 0.803. The van der Waals surface area contributed by atoms with Crippen LogP contribution < -0.4 is 10.6 Å². The van der Waals surface area contributed by atoms with E-state index < -0.39 is 0 Å². The molecule has 0 aliphatic rings. The van der Waals surface area contributed by atoms with Gasteiger partial charge in [-0.1, -0.05) is 6.92 Å². The van der Waals surface area contributed by atoms with Gasteiger partial charge in [0.05, 0.1) is 0 Å². The zero-order valence-corrected chi connectivity index (χ0v) is 11.2. The lowest BCUT2D eigenvalue weighted by atomic mass is 10.3. The first-order valence-corrected chi connectivity index (χ1v) is 6.73. The monoisotopic (exact) mass is 254 g/mol. The van der Waals surface area contributed by atoms with Crippen LogP contribution in [-0.2, 0) is 0 Å². The molecule has 0 saturated heterocycles. The molecule has 0 saturated carbocycles. The number of hydrogen-bond donors (Lipinski definition) is 2. The van der Waals surface area contributed by atoms with Crippen LogP contribution in [0.4, 0.5) is 5.82 Å². The highest BCUT2D eigenvalue weighted by atomic mass is 32.2. The molecule has 1 heterocycles. The summed E-state index contributed by atoms with van der Waals surface area (Å²) in [5, 5.41) is 13.6. The highest BCUT2D eigenvalue weighted by Crippen LogP contribution is 2.08. The van der Waals surface area contributed by atoms with Crippen molar-refractivity contribution in [2.45, 2.75) is 19.9 Å². The van der Waals surface area contributed by atoms with Gasteiger partial charge in [0, 0.05) is 18.8 Å². The summed E-state index contributed by atoms with van der Waals surface area (Å²) in [6, 6.07) is 3.76. The van der Waals surface area contributed by atoms with Gasteiger partial charge in [0.2, 0.25) is 0 Å². The maximum Gasteiger partial charge on any atom is 0.271 e. The Morgan fingerprint density at radius 3 is 2.76 bits per heavy atom. The van der Waals surface area contributed by atoms with Gasteiger partial charge < -0.3 is 10.6 Å². The third kappa shape index (κ3) is 4.60. The first kappa shape index (κ1) is 13.8. The maximum absolute atomic E-state index is 11.3. The van der Waals surface area contributed by atoms with Crippen molar-refractivity contribution in [1.82, 2.24) is 15.5 Å². The van der Waals surface area contributed by atoms with Crippen LogP contribution in [0.15, 0.2) is 12.1 Å². The van der Waals surface area contributed by atoms with Crippen molar-refractivity contribution in [3.8, 4) is 0 Å². The number of nitrogens with one attached hydrogen (secondary N) is 2. The van der Waals surface area contributed by atoms with E-state index in [0.717, 1.165) is 11.5 Å². The Balaban J connectivity index is 2.53. The number of nitrogens with zero attached hydrogens (tertiary/aromatic N) is 2. The van der Waals surface area contributed by atoms with Gasteiger partial charge in [-0.15, -0.1) is 10.2 Å². The van der Waals surface area contributed by atoms with Gasteiger partial charge in [0.1, 0.15) is 5.82 Å². The number of carbonyl (C=O) groups is 1. The summed E-state index contributed by atoms with van der Waals surface area (Å²) in [6.45, 7) is 4.23. The van der Waals surface area contributed by atoms with E-state index in [0.29, 0.717) is 17.6 Å². The summed E-state index contributed by atoms with van der Waals surface area (Å²) in [7, 11) is 1.57. The lowest BCUT2D eigenvalue weighted by Crippen LogP contribution is -2.22. The molecule has 1 aromatic heterocycles. The molecule has 0 fully saturated rings. The van der Waals surface area contributed by atoms with Crippen LogP contribution >= 0.6 is 11.8 Å². The fourth-order valence-electron chi connectivity index (χ4n) is 1.25. The molecule has 0 aliphatic carbocycles. The summed E-state index contributed by atoms with van der Waals surface area (Å²) in [5.74, 6) is 2.60. The van der Waals surface area contributed by atoms with Gasteiger partial charge in [-0.2, -0.15) is 11.8 Å². The predicted octanol–water partition coefficient (Wildman–Crippen LogP) is 1.39. The minimum absolute atomic E-state index is 0.223. The van der Waals surface area contributed by atoms with Crippen LogP contribution in [0.25, 0.3) is 0 Å². The normalized spacial score (nSPS) is 11.9. The average molecular weight is 254 g/mol. The topological polar surface area (TPSA) is 66.9 Å². The fraction of sp³-hybridized carbons (Fsp3) is 0.545. The second-order valence-electron chi connectivity index (χ2n) is 3.59. The van der Waals surface area contributed by atoms with E-state index in [9.17, 15) is 4.79 Å². The second kappa shape index (κ2) is 7.11. The van der Waals surface area contributed by atoms with Gasteiger partial charge in [-0.25, -0.2) is 0 Å². The van der Waals surface area contributed by atoms with Crippen LogP contribution in [0, 0.1) is 0 Å². The molecule has 0 aliphatic heterocycles. The molecule has 0 radical (unpaired) electrons. The number of amides is 1. The minimum Gasteiger partial charge on any atom is -0.365 e. The van der Waals surface area contributed by atoms with Gasteiger partial charge in [0.25, 0.3) is 5.91 Å². The molecule has 1 amide bonds. The molecule has 17 heavy (non-hydrogen) atoms. The summed E-state index contributed by atoms with van der Waals surface area (Å²) >= 11 is 1.87. The molecular weight excluding hydrogens is 236 g/mol. The first-order chi connectivity index (χ1) is 8.17. The molecule has 0 bridgehead atoms. The fourth-order valence-corrected chi connectivity index (χ4v) is 1.92. The second-order valence-corrected chi connectivity index (χ2v) is 4.91. The summed E-state index contributed by atoms with van der Waals surface area (Å²) in [4.78, 5) is 11.3. The Labute approximate surface area is 106 Å². The molecule has 94 valence electrons. The smallest absolute Gasteiger partial charge is 0.271 e. The number of hydrogen-bond acceptors (Lipinski definition) is 5. The van der Waals surface area contributed by atoms with Crippen molar-refractivity contribution in [3.63, 3.8) is 0 Å². The molecular formula is C11H18N4OS. The molecule has 6 heteroatoms. The lowest BCUT2D eigenvalue weighted by Gasteiger charge is -2.13. The zero-order valence-electron chi connectivity index (χ0n) is 10.4. The third-order valence-electron chi connectivity index (χ3n) is 2.09. The maximum atomic E-state index is 11.3. The van der Waals surface area contributed by atoms with E-state index in [4.69, 9.17) is 0 Å². The number of rotatable bonds is 6. The van der Waals surface area contributed by atoms with E-state index in [-0.39, 0.29) is 5.91 Å². The Hall–Kier alpha value is -1.30. The van der Waals surface area contributed by atoms with E-state index in [1.54, 1.807) is 19.2 Å². The summed E-state index contributed by atoms with van der Waals surface area (Å²) < 4.78 is 0. The Bertz CT molecular complexity index is 355. The zero-order chi connectivity index (χ0) is 12.7. The van der Waals surface area contributed by atoms with Crippen molar-refractivity contribution in [2.24, 2.45) is 0 Å². The highest BCUT2D eigenvalue weighted by Gasteiger charge is 2.07. The molecule has 0 spiro atoms. The van der Waals surface area contributed by atoms with Crippen LogP contribution in [0.5, 0.6) is 0 Å². The number of thioether (sulfide) groups is 1. The number of aromatic nitrogens is 2. The summed E-state index contributed by atoms with van der Waals surface area (Å²) in [5.41, 5.74) is 0.327. The van der Waals surface area contributed by atoms with Gasteiger partial charge >= 0.3 is 0 Å². The number of anilines is 1. The van der Waals surface area contributed by atoms with Crippen molar-refractivity contribution in [2.75, 3.05) is 23.9 Å². The molecule has 1 unspecified atom stereocenters. The predicted molar refractivity (Wildman–Crippen MR) is 71.5 cm³/mol. The molecule has 0 aromatic carbocycles. The molecule has 2 N–H and O–H groups in total. The standard InChI is InChI=1S/C11H18N4OS/c1-4-17-7-8(2)13-10-6-5-9(14-15-10)11(16)12-3/h5-6,8H,4,7H2,1-3H3,(H,12,16)(H,13,15). The first-order valence-electron chi connectivity index (χ1n) is 5.57. The Morgan fingerprint density at radius 1 is 1.47 bits per heavy atom. The van der Waals surface area contributed by atoms with Crippen molar-refractivity contribution >= 4 is 23.5 Å². The van der Waals surface area contributed by atoms with E-state index >= 15 is 0 Å². The Morgan fingerprint density at radius 2 is 2.24 bits per heavy atom. The van der Waals surface area contributed by atoms with Crippen molar-refractivity contribution in [1.29, 1.82) is 0 Å². The van der Waals surface area contributed by atoms with Crippen LogP contribution in [0.3, 0.4) is 0 Å². The largest absolute Gasteiger partial charge is 0.365 e. The lowest BCUT2D eigenvalue weighted by molar-refractivity contribution is 0.0957. The van der Waals surface area contributed by atoms with E-state index in [1.807, 2.05) is 11.8 Å². The van der Waals surface area contributed by atoms with Gasteiger partial charge in [-0.05, 0) is 24.8 Å². The highest BCUT2D eigenvalue weighted by molar-refractivity contribution is 7.99. The van der Waals surface area contributed by atoms with E-state index in [2.05, 4.69) is 34.7 Å². The van der Waals surface area contributed by atoms with Crippen molar-refractivity contribution < 1.29 is 4.79 Å². The van der Waals surface area contributed by atoms with Gasteiger partial charge in [0.15, 0.2) is 5.69 Å². The Kier molecular flexibility index (Phi) is 5.76. The number of carbonyl (C=O) groups excluding carboxylic acids is 1. The summed E-state index contributed by atoms with van der Waals surface area (Å²) in [6.07, 6.45) is 0. The van der Waals surface area contributed by atoms with E-state index in [1.165, 1.54) is 0 Å². The van der Waals surface area contributed by atoms with Gasteiger partial charge in [-0.3, -0.25) is 4.79 Å².